The zero-order chi connectivity index (χ0) is 23.8. The second-order valence-corrected chi connectivity index (χ2v) is 8.74. The van der Waals surface area contributed by atoms with Gasteiger partial charge >= 0.3 is 13.6 Å². The number of esters is 1. The molecule has 0 radical (unpaired) electrons. The highest BCUT2D eigenvalue weighted by atomic mass is 31.2. The molecule has 0 aliphatic heterocycles. The van der Waals surface area contributed by atoms with Crippen molar-refractivity contribution in [2.24, 2.45) is 0 Å². The molecule has 0 saturated heterocycles. The first kappa shape index (κ1) is 27.6. The maximum atomic E-state index is 12.3. The Hall–Kier alpha value is -2.47. The number of carbonyl (C=O) groups is 2. The average Bonchev–Trinajstić information content (AvgIpc) is 2.80. The maximum absolute atomic E-state index is 12.3. The Balaban J connectivity index is 0.000000320. The SMILES string of the molecule is CCOC(=O)C(CC)P(=O)(OCC)OCC.O=Cc1cccc(OCc2ccccc2)c1. The van der Waals surface area contributed by atoms with Crippen LogP contribution < -0.4 is 4.74 Å². The fourth-order valence-corrected chi connectivity index (χ4v) is 4.69. The molecule has 0 amide bonds. The van der Waals surface area contributed by atoms with Gasteiger partial charge in [-0.2, -0.15) is 0 Å². The van der Waals surface area contributed by atoms with Crippen molar-refractivity contribution in [2.75, 3.05) is 19.8 Å². The molecule has 2 aromatic carbocycles. The van der Waals surface area contributed by atoms with Crippen LogP contribution in [0, 0.1) is 0 Å². The molecule has 1 unspecified atom stereocenters. The monoisotopic (exact) mass is 464 g/mol. The number of carbonyl (C=O) groups excluding carboxylic acids is 2. The molecule has 0 bridgehead atoms. The normalized spacial score (nSPS) is 11.6. The van der Waals surface area contributed by atoms with E-state index in [1.54, 1.807) is 39.8 Å². The topological polar surface area (TPSA) is 88.1 Å². The smallest absolute Gasteiger partial charge is 0.344 e. The van der Waals surface area contributed by atoms with Crippen LogP contribution in [0.25, 0.3) is 0 Å². The molecule has 32 heavy (non-hydrogen) atoms. The van der Waals surface area contributed by atoms with Gasteiger partial charge in [-0.05, 0) is 44.9 Å². The van der Waals surface area contributed by atoms with E-state index in [-0.39, 0.29) is 19.8 Å². The fraction of sp³-hybridized carbons (Fsp3) is 0.417. The third-order valence-electron chi connectivity index (χ3n) is 4.19. The zero-order valence-corrected chi connectivity index (χ0v) is 20.1. The summed E-state index contributed by atoms with van der Waals surface area (Å²) in [5.74, 6) is 0.198. The van der Waals surface area contributed by atoms with Crippen molar-refractivity contribution in [2.45, 2.75) is 46.4 Å². The third-order valence-corrected chi connectivity index (χ3v) is 6.76. The molecular formula is C24H33O7P. The van der Waals surface area contributed by atoms with E-state index in [0.717, 1.165) is 11.8 Å². The standard InChI is InChI=1S/C14H12O2.C10H21O5P/c15-10-13-7-4-8-14(9-13)16-11-12-5-2-1-3-6-12;1-5-9(10(11)13-6-2)16(12,14-7-3)15-8-4/h1-10H,11H2;9H,5-8H2,1-4H3. The zero-order valence-electron chi connectivity index (χ0n) is 19.2. The molecule has 7 nitrogen and oxygen atoms in total. The Labute approximate surface area is 190 Å². The van der Waals surface area contributed by atoms with E-state index < -0.39 is 19.2 Å². The summed E-state index contributed by atoms with van der Waals surface area (Å²) in [5.41, 5.74) is 0.914. The van der Waals surface area contributed by atoms with Crippen LogP contribution in [0.5, 0.6) is 5.75 Å². The third kappa shape index (κ3) is 9.35. The number of aldehydes is 1. The lowest BCUT2D eigenvalue weighted by Crippen LogP contribution is -2.25. The van der Waals surface area contributed by atoms with E-state index in [2.05, 4.69) is 0 Å². The van der Waals surface area contributed by atoms with Gasteiger partial charge in [-0.25, -0.2) is 0 Å². The Kier molecular flexibility index (Phi) is 13.2. The average molecular weight is 464 g/mol. The van der Waals surface area contributed by atoms with Crippen molar-refractivity contribution >= 4 is 19.9 Å². The first-order valence-electron chi connectivity index (χ1n) is 10.7. The Morgan fingerprint density at radius 1 is 0.938 bits per heavy atom. The molecule has 0 aromatic heterocycles. The minimum atomic E-state index is -3.39. The minimum absolute atomic E-state index is 0.243. The predicted octanol–water partition coefficient (Wildman–Crippen LogP) is 5.67. The van der Waals surface area contributed by atoms with Gasteiger partial charge in [0.1, 0.15) is 18.6 Å². The van der Waals surface area contributed by atoms with Gasteiger partial charge < -0.3 is 18.5 Å². The Bertz CT molecular complexity index is 844. The van der Waals surface area contributed by atoms with Crippen molar-refractivity contribution in [1.82, 2.24) is 0 Å². The first-order chi connectivity index (χ1) is 15.4. The van der Waals surface area contributed by atoms with Gasteiger partial charge in [0.2, 0.25) is 0 Å². The van der Waals surface area contributed by atoms with Crippen LogP contribution in [0.1, 0.15) is 50.0 Å². The molecule has 0 spiro atoms. The highest BCUT2D eigenvalue weighted by Crippen LogP contribution is 2.54. The molecule has 1 atom stereocenters. The van der Waals surface area contributed by atoms with Crippen molar-refractivity contribution in [3.8, 4) is 5.75 Å². The second-order valence-electron chi connectivity index (χ2n) is 6.52. The summed E-state index contributed by atoms with van der Waals surface area (Å²) in [6, 6.07) is 17.1. The highest BCUT2D eigenvalue weighted by Gasteiger charge is 2.40. The van der Waals surface area contributed by atoms with Crippen LogP contribution in [0.3, 0.4) is 0 Å². The molecule has 2 aromatic rings. The van der Waals surface area contributed by atoms with Crippen molar-refractivity contribution in [3.63, 3.8) is 0 Å². The molecule has 0 fully saturated rings. The lowest BCUT2D eigenvalue weighted by molar-refractivity contribution is -0.143. The van der Waals surface area contributed by atoms with Gasteiger partial charge in [0.15, 0.2) is 5.66 Å². The van der Waals surface area contributed by atoms with Crippen molar-refractivity contribution in [3.05, 3.63) is 65.7 Å². The summed E-state index contributed by atoms with van der Waals surface area (Å²) in [6.07, 6.45) is 1.19. The quantitative estimate of drug-likeness (QED) is 0.227. The van der Waals surface area contributed by atoms with Gasteiger partial charge in [-0.1, -0.05) is 49.4 Å². The van der Waals surface area contributed by atoms with E-state index in [1.165, 1.54) is 0 Å². The van der Waals surface area contributed by atoms with Crippen LogP contribution >= 0.6 is 7.60 Å². The Morgan fingerprint density at radius 3 is 2.12 bits per heavy atom. The maximum Gasteiger partial charge on any atom is 0.344 e. The molecule has 0 N–H and O–H groups in total. The van der Waals surface area contributed by atoms with Crippen molar-refractivity contribution in [1.29, 1.82) is 0 Å². The molecule has 8 heteroatoms. The minimum Gasteiger partial charge on any atom is -0.489 e. The van der Waals surface area contributed by atoms with Gasteiger partial charge in [0, 0.05) is 5.56 Å². The van der Waals surface area contributed by atoms with E-state index in [1.807, 2.05) is 42.5 Å². The summed E-state index contributed by atoms with van der Waals surface area (Å²) in [6.45, 7) is 8.15. The van der Waals surface area contributed by atoms with Gasteiger partial charge in [0.25, 0.3) is 0 Å². The molecule has 2 rings (SSSR count). The fourth-order valence-electron chi connectivity index (χ4n) is 2.75. The van der Waals surface area contributed by atoms with E-state index in [9.17, 15) is 14.2 Å². The van der Waals surface area contributed by atoms with E-state index in [4.69, 9.17) is 18.5 Å². The van der Waals surface area contributed by atoms with Crippen LogP contribution in [-0.4, -0.2) is 37.7 Å². The lowest BCUT2D eigenvalue weighted by atomic mass is 10.2. The number of benzene rings is 2. The molecule has 0 aliphatic rings. The molecular weight excluding hydrogens is 431 g/mol. The molecule has 176 valence electrons. The van der Waals surface area contributed by atoms with Crippen LogP contribution in [-0.2, 0) is 29.8 Å². The summed E-state index contributed by atoms with van der Waals surface area (Å²) in [4.78, 5) is 22.2. The number of hydrogen-bond acceptors (Lipinski definition) is 7. The summed E-state index contributed by atoms with van der Waals surface area (Å²) >= 11 is 0. The second kappa shape index (κ2) is 15.4. The number of hydrogen-bond donors (Lipinski definition) is 0. The largest absolute Gasteiger partial charge is 0.489 e. The lowest BCUT2D eigenvalue weighted by Gasteiger charge is -2.23. The summed E-state index contributed by atoms with van der Waals surface area (Å²) in [7, 11) is -3.39. The van der Waals surface area contributed by atoms with Crippen molar-refractivity contribution < 1.29 is 32.7 Å². The van der Waals surface area contributed by atoms with Gasteiger partial charge in [0.05, 0.1) is 19.8 Å². The molecule has 0 saturated carbocycles. The predicted molar refractivity (Wildman–Crippen MR) is 124 cm³/mol. The van der Waals surface area contributed by atoms with E-state index in [0.29, 0.717) is 24.3 Å². The van der Waals surface area contributed by atoms with E-state index >= 15 is 0 Å². The summed E-state index contributed by atoms with van der Waals surface area (Å²) < 4.78 is 33.0. The highest BCUT2D eigenvalue weighted by molar-refractivity contribution is 7.55. The number of ether oxygens (including phenoxy) is 2. The first-order valence-corrected chi connectivity index (χ1v) is 12.3. The Morgan fingerprint density at radius 2 is 1.59 bits per heavy atom. The van der Waals surface area contributed by atoms with Gasteiger partial charge in [-0.15, -0.1) is 0 Å². The molecule has 0 heterocycles. The molecule has 0 aliphatic carbocycles. The van der Waals surface area contributed by atoms with Crippen LogP contribution in [0.15, 0.2) is 54.6 Å². The van der Waals surface area contributed by atoms with Crippen LogP contribution in [0.4, 0.5) is 0 Å². The van der Waals surface area contributed by atoms with Crippen LogP contribution in [0.2, 0.25) is 0 Å². The summed E-state index contributed by atoms with van der Waals surface area (Å²) in [5, 5.41) is 0. The number of rotatable bonds is 12. The van der Waals surface area contributed by atoms with Gasteiger partial charge in [-0.3, -0.25) is 14.2 Å².